The number of nitrogens with one attached hydrogen (secondary N) is 1. The number of benzene rings is 2. The van der Waals surface area contributed by atoms with Gasteiger partial charge in [0, 0.05) is 87.1 Å². The minimum absolute atomic E-state index is 0.398. The molecule has 2 aromatic carbocycles. The van der Waals surface area contributed by atoms with Crippen LogP contribution >= 0.6 is 0 Å². The van der Waals surface area contributed by atoms with Crippen molar-refractivity contribution in [2.75, 3.05) is 37.6 Å². The summed E-state index contributed by atoms with van der Waals surface area (Å²) in [6.07, 6.45) is 13.2. The van der Waals surface area contributed by atoms with E-state index in [9.17, 15) is 4.79 Å². The van der Waals surface area contributed by atoms with E-state index in [-0.39, 0.29) is 0 Å². The van der Waals surface area contributed by atoms with Crippen LogP contribution < -0.4 is 9.64 Å². The van der Waals surface area contributed by atoms with Crippen molar-refractivity contribution in [1.82, 2.24) is 24.8 Å². The lowest BCUT2D eigenvalue weighted by Crippen LogP contribution is -2.60. The van der Waals surface area contributed by atoms with E-state index < -0.39 is 0 Å². The van der Waals surface area contributed by atoms with Gasteiger partial charge in [0.2, 0.25) is 0 Å². The van der Waals surface area contributed by atoms with E-state index in [2.05, 4.69) is 79.9 Å². The maximum atomic E-state index is 11.9. The molecule has 8 nitrogen and oxygen atoms in total. The molecule has 3 aliphatic rings. The minimum atomic E-state index is 0.398. The highest BCUT2D eigenvalue weighted by Crippen LogP contribution is 2.53. The zero-order valence-electron chi connectivity index (χ0n) is 28.6. The molecule has 8 heteroatoms. The number of H-pyrrole nitrogens is 1. The average molecular weight is 655 g/mol. The van der Waals surface area contributed by atoms with Crippen molar-refractivity contribution < 1.29 is 9.53 Å². The molecule has 3 fully saturated rings. The van der Waals surface area contributed by atoms with Gasteiger partial charge in [0.25, 0.3) is 0 Å². The van der Waals surface area contributed by atoms with Crippen LogP contribution in [0, 0.1) is 5.41 Å². The molecule has 1 spiro atoms. The van der Waals surface area contributed by atoms with Gasteiger partial charge in [0.1, 0.15) is 17.1 Å². The highest BCUT2D eigenvalue weighted by atomic mass is 16.5. The van der Waals surface area contributed by atoms with Crippen LogP contribution in [0.3, 0.4) is 0 Å². The third-order valence-electron chi connectivity index (χ3n) is 11.3. The Hall–Kier alpha value is -4.53. The number of pyridine rings is 2. The predicted molar refractivity (Wildman–Crippen MR) is 194 cm³/mol. The molecule has 252 valence electrons. The fraction of sp³-hybridized carbons (Fsp3) is 0.390. The molecule has 1 atom stereocenters. The highest BCUT2D eigenvalue weighted by Gasteiger charge is 2.50. The van der Waals surface area contributed by atoms with Crippen molar-refractivity contribution >= 4 is 23.0 Å². The van der Waals surface area contributed by atoms with Crippen LogP contribution in [-0.2, 0) is 6.54 Å². The van der Waals surface area contributed by atoms with Crippen molar-refractivity contribution in [3.05, 3.63) is 114 Å². The Labute approximate surface area is 289 Å². The molecular weight excluding hydrogens is 608 g/mol. The van der Waals surface area contributed by atoms with Crippen molar-refractivity contribution in [2.45, 2.75) is 64.1 Å². The van der Waals surface area contributed by atoms with Gasteiger partial charge in [0.05, 0.1) is 11.8 Å². The van der Waals surface area contributed by atoms with E-state index in [1.807, 2.05) is 48.9 Å². The molecular formula is C41H46N6O2. The summed E-state index contributed by atoms with van der Waals surface area (Å²) in [6, 6.07) is 24.3. The van der Waals surface area contributed by atoms with E-state index in [0.717, 1.165) is 62.3 Å². The molecule has 3 aromatic heterocycles. The zero-order valence-corrected chi connectivity index (χ0v) is 28.6. The summed E-state index contributed by atoms with van der Waals surface area (Å²) >= 11 is 0. The van der Waals surface area contributed by atoms with Crippen LogP contribution in [0.2, 0.25) is 0 Å². The molecule has 49 heavy (non-hydrogen) atoms. The minimum Gasteiger partial charge on any atom is -0.455 e. The second-order valence-corrected chi connectivity index (χ2v) is 14.7. The number of hydrogen-bond acceptors (Lipinski definition) is 7. The van der Waals surface area contributed by atoms with Gasteiger partial charge in [-0.05, 0) is 84.0 Å². The molecule has 0 radical (unpaired) electrons. The number of anilines is 1. The van der Waals surface area contributed by atoms with Crippen molar-refractivity contribution in [1.29, 1.82) is 0 Å². The molecule has 1 N–H and O–H groups in total. The maximum Gasteiger partial charge on any atom is 0.153 e. The fourth-order valence-corrected chi connectivity index (χ4v) is 8.63. The van der Waals surface area contributed by atoms with E-state index in [4.69, 9.17) is 4.74 Å². The van der Waals surface area contributed by atoms with Gasteiger partial charge in [-0.15, -0.1) is 0 Å². The standard InChI is InChI=1S/C41H46N6O2/c1-29(2)36-7-3-4-8-37(36)38-27-45(26-30-6-5-14-42-24-30)18-19-47(38)34-22-41(23-34)12-16-46(17-13-41)33-10-9-32(28-48)39(21-33)49-35-20-31-11-15-43-40(31)44-25-35/h3-11,14-15,20-21,24-25,28-29,34,38H,12-13,16-19,22-23,26-27H2,1-2H3,(H,43,44). The average Bonchev–Trinajstić information content (AvgIpc) is 3.59. The Morgan fingerprint density at radius 3 is 2.63 bits per heavy atom. The normalized spacial score (nSPS) is 20.1. The van der Waals surface area contributed by atoms with Crippen molar-refractivity contribution in [2.24, 2.45) is 5.41 Å². The summed E-state index contributed by atoms with van der Waals surface area (Å²) in [7, 11) is 0. The number of fused-ring (bicyclic) bond motifs is 1. The third-order valence-corrected chi connectivity index (χ3v) is 11.3. The number of carbonyl (C=O) groups excluding carboxylic acids is 1. The van der Waals surface area contributed by atoms with E-state index in [1.54, 1.807) is 6.20 Å². The van der Waals surface area contributed by atoms with Gasteiger partial charge in [-0.25, -0.2) is 4.98 Å². The Morgan fingerprint density at radius 1 is 0.980 bits per heavy atom. The van der Waals surface area contributed by atoms with Gasteiger partial charge >= 0.3 is 0 Å². The first-order valence-electron chi connectivity index (χ1n) is 17.9. The van der Waals surface area contributed by atoms with E-state index >= 15 is 0 Å². The number of aromatic amines is 1. The van der Waals surface area contributed by atoms with Gasteiger partial charge in [0.15, 0.2) is 6.29 Å². The fourth-order valence-electron chi connectivity index (χ4n) is 8.63. The largest absolute Gasteiger partial charge is 0.455 e. The molecule has 8 rings (SSSR count). The quantitative estimate of drug-likeness (QED) is 0.162. The number of nitrogens with zero attached hydrogens (tertiary/aromatic N) is 5. The van der Waals surface area contributed by atoms with Crippen LogP contribution in [0.4, 0.5) is 5.69 Å². The van der Waals surface area contributed by atoms with E-state index in [1.165, 1.54) is 42.4 Å². The number of aldehydes is 1. The number of piperazine rings is 1. The summed E-state index contributed by atoms with van der Waals surface area (Å²) in [4.78, 5) is 31.8. The lowest BCUT2D eigenvalue weighted by molar-refractivity contribution is -0.0628. The second-order valence-electron chi connectivity index (χ2n) is 14.7. The van der Waals surface area contributed by atoms with Gasteiger partial charge < -0.3 is 14.6 Å². The van der Waals surface area contributed by atoms with Crippen LogP contribution in [-0.4, -0.2) is 69.8 Å². The maximum absolute atomic E-state index is 11.9. The lowest BCUT2D eigenvalue weighted by atomic mass is 9.59. The molecule has 1 aliphatic carbocycles. The first kappa shape index (κ1) is 31.7. The van der Waals surface area contributed by atoms with Crippen molar-refractivity contribution in [3.63, 3.8) is 0 Å². The Kier molecular flexibility index (Phi) is 8.68. The van der Waals surface area contributed by atoms with Crippen LogP contribution in [0.15, 0.2) is 91.5 Å². The summed E-state index contributed by atoms with van der Waals surface area (Å²) < 4.78 is 6.23. The molecule has 0 bridgehead atoms. The van der Waals surface area contributed by atoms with Crippen LogP contribution in [0.25, 0.3) is 11.0 Å². The molecule has 2 aliphatic heterocycles. The smallest absolute Gasteiger partial charge is 0.153 e. The van der Waals surface area contributed by atoms with Crippen molar-refractivity contribution in [3.8, 4) is 11.5 Å². The summed E-state index contributed by atoms with van der Waals surface area (Å²) in [5.41, 5.74) is 7.15. The molecule has 2 saturated heterocycles. The summed E-state index contributed by atoms with van der Waals surface area (Å²) in [5, 5.41) is 0.975. The predicted octanol–water partition coefficient (Wildman–Crippen LogP) is 7.99. The van der Waals surface area contributed by atoms with Gasteiger partial charge in [-0.3, -0.25) is 19.6 Å². The Bertz CT molecular complexity index is 1910. The number of piperidine rings is 1. The molecule has 5 heterocycles. The first-order valence-corrected chi connectivity index (χ1v) is 17.9. The Morgan fingerprint density at radius 2 is 1.84 bits per heavy atom. The second kappa shape index (κ2) is 13.4. The number of carbonyl (C=O) groups is 1. The first-order chi connectivity index (χ1) is 24.0. The number of rotatable bonds is 9. The number of ether oxygens (including phenoxy) is 1. The third kappa shape index (κ3) is 6.47. The summed E-state index contributed by atoms with van der Waals surface area (Å²) in [5.74, 6) is 1.69. The van der Waals surface area contributed by atoms with Gasteiger partial charge in [-0.1, -0.05) is 44.2 Å². The zero-order chi connectivity index (χ0) is 33.4. The monoisotopic (exact) mass is 654 g/mol. The molecule has 1 saturated carbocycles. The number of aromatic nitrogens is 3. The molecule has 1 unspecified atom stereocenters. The lowest BCUT2D eigenvalue weighted by Gasteiger charge is -2.58. The number of hydrogen-bond donors (Lipinski definition) is 1. The molecule has 0 amide bonds. The van der Waals surface area contributed by atoms with Crippen LogP contribution in [0.1, 0.15) is 78.5 Å². The highest BCUT2D eigenvalue weighted by molar-refractivity contribution is 5.81. The van der Waals surface area contributed by atoms with Crippen LogP contribution in [0.5, 0.6) is 11.5 Å². The van der Waals surface area contributed by atoms with Gasteiger partial charge in [-0.2, -0.15) is 0 Å². The topological polar surface area (TPSA) is 77.6 Å². The molecule has 5 aromatic rings. The van der Waals surface area contributed by atoms with E-state index in [0.29, 0.717) is 40.5 Å². The SMILES string of the molecule is CC(C)c1ccccc1C1CN(Cc2cccnc2)CCN1C1CC2(CCN(c3ccc(C=O)c(Oc4cnc5[nH]ccc5c4)c3)CC2)C1. The Balaban J connectivity index is 0.942. The summed E-state index contributed by atoms with van der Waals surface area (Å²) in [6.45, 7) is 10.9.